The van der Waals surface area contributed by atoms with Crippen LogP contribution in [0.4, 0.5) is 8.78 Å². The van der Waals surface area contributed by atoms with Crippen molar-refractivity contribution in [1.82, 2.24) is 9.97 Å². The first-order chi connectivity index (χ1) is 29.9. The SMILES string of the molecule is COC(=O)c1cc(-c2c(C=O)c(C(C)C)nc3c2CCCc2ccccc2-3)ccc1F.COC(=O)c1cc(-c2c3c(nc(C(C)C)c2CO)-c2ccccc2CCC3)ccc1F. The molecule has 0 spiro atoms. The molecular weight excluding hydrogens is 787 g/mol. The highest BCUT2D eigenvalue weighted by Gasteiger charge is 2.28. The zero-order valence-corrected chi connectivity index (χ0v) is 35.9. The van der Waals surface area contributed by atoms with E-state index in [0.717, 1.165) is 101 Å². The molecule has 0 saturated heterocycles. The number of aliphatic hydroxyl groups is 1. The summed E-state index contributed by atoms with van der Waals surface area (Å²) in [6, 6.07) is 25.3. The van der Waals surface area contributed by atoms with Crippen LogP contribution in [-0.2, 0) is 41.8 Å². The molecule has 6 aromatic rings. The zero-order chi connectivity index (χ0) is 44.2. The second-order valence-corrected chi connectivity index (χ2v) is 16.3. The first kappa shape index (κ1) is 43.7. The highest BCUT2D eigenvalue weighted by atomic mass is 19.1. The average Bonchev–Trinajstić information content (AvgIpc) is 3.59. The number of fused-ring (bicyclic) bond motifs is 6. The predicted octanol–water partition coefficient (Wildman–Crippen LogP) is 11.2. The van der Waals surface area contributed by atoms with Crippen LogP contribution in [0.15, 0.2) is 84.9 Å². The minimum Gasteiger partial charge on any atom is -0.465 e. The monoisotopic (exact) mass is 836 g/mol. The van der Waals surface area contributed by atoms with E-state index in [9.17, 15) is 28.3 Å². The number of nitrogens with zero attached hydrogens (tertiary/aromatic N) is 2. The molecule has 62 heavy (non-hydrogen) atoms. The lowest BCUT2D eigenvalue weighted by molar-refractivity contribution is 0.0586. The Bertz CT molecular complexity index is 2710. The molecule has 8 rings (SSSR count). The number of aldehydes is 1. The smallest absolute Gasteiger partial charge is 0.340 e. The number of rotatable bonds is 8. The van der Waals surface area contributed by atoms with Crippen LogP contribution >= 0.6 is 0 Å². The molecule has 1 N–H and O–H groups in total. The summed E-state index contributed by atoms with van der Waals surface area (Å²) in [4.78, 5) is 46.5. The van der Waals surface area contributed by atoms with E-state index in [1.54, 1.807) is 12.1 Å². The minimum atomic E-state index is -0.749. The molecule has 0 unspecified atom stereocenters. The second-order valence-electron chi connectivity index (χ2n) is 16.3. The van der Waals surface area contributed by atoms with Crippen molar-refractivity contribution in [1.29, 1.82) is 0 Å². The van der Waals surface area contributed by atoms with Crippen LogP contribution in [0.25, 0.3) is 44.8 Å². The van der Waals surface area contributed by atoms with Crippen LogP contribution in [0.5, 0.6) is 0 Å². The van der Waals surface area contributed by atoms with Crippen molar-refractivity contribution in [2.45, 2.75) is 84.7 Å². The van der Waals surface area contributed by atoms with E-state index in [1.165, 1.54) is 49.6 Å². The van der Waals surface area contributed by atoms with E-state index in [-0.39, 0.29) is 29.6 Å². The number of hydrogen-bond acceptors (Lipinski definition) is 8. The Kier molecular flexibility index (Phi) is 13.2. The molecule has 0 radical (unpaired) electrons. The molecule has 2 heterocycles. The fourth-order valence-electron chi connectivity index (χ4n) is 8.89. The third-order valence-corrected chi connectivity index (χ3v) is 11.8. The number of halogens is 2. The summed E-state index contributed by atoms with van der Waals surface area (Å²) in [6.45, 7) is 7.91. The number of ether oxygens (including phenoxy) is 2. The molecule has 0 fully saturated rings. The van der Waals surface area contributed by atoms with Crippen molar-refractivity contribution in [3.05, 3.63) is 152 Å². The van der Waals surface area contributed by atoms with Crippen molar-refractivity contribution in [3.63, 3.8) is 0 Å². The van der Waals surface area contributed by atoms with Gasteiger partial charge >= 0.3 is 11.9 Å². The largest absolute Gasteiger partial charge is 0.465 e. The molecule has 0 amide bonds. The predicted molar refractivity (Wildman–Crippen MR) is 236 cm³/mol. The van der Waals surface area contributed by atoms with Crippen molar-refractivity contribution in [2.24, 2.45) is 0 Å². The van der Waals surface area contributed by atoms with Gasteiger partial charge in [0.2, 0.25) is 0 Å². The van der Waals surface area contributed by atoms with Gasteiger partial charge in [-0.15, -0.1) is 0 Å². The Morgan fingerprint density at radius 1 is 0.661 bits per heavy atom. The van der Waals surface area contributed by atoms with E-state index < -0.39 is 23.6 Å². The molecule has 8 nitrogen and oxygen atoms in total. The van der Waals surface area contributed by atoms with E-state index in [0.29, 0.717) is 22.4 Å². The number of aryl methyl sites for hydroxylation is 2. The van der Waals surface area contributed by atoms with Gasteiger partial charge in [0, 0.05) is 27.9 Å². The van der Waals surface area contributed by atoms with Crippen LogP contribution in [0, 0.1) is 11.6 Å². The average molecular weight is 837 g/mol. The number of esters is 2. The summed E-state index contributed by atoms with van der Waals surface area (Å²) in [6.07, 6.45) is 6.04. The van der Waals surface area contributed by atoms with Gasteiger partial charge in [0.25, 0.3) is 0 Å². The molecule has 0 atom stereocenters. The fourth-order valence-corrected chi connectivity index (χ4v) is 8.89. The number of methoxy groups -OCH3 is 2. The molecule has 0 saturated carbocycles. The van der Waals surface area contributed by atoms with Crippen molar-refractivity contribution >= 4 is 18.2 Å². The summed E-state index contributed by atoms with van der Waals surface area (Å²) in [5, 5.41) is 10.4. The number of aromatic nitrogens is 2. The number of carbonyl (C=O) groups excluding carboxylic acids is 3. The molecule has 2 aliphatic rings. The maximum Gasteiger partial charge on any atom is 0.340 e. The number of carbonyl (C=O) groups is 3. The van der Waals surface area contributed by atoms with Gasteiger partial charge in [-0.2, -0.15) is 0 Å². The zero-order valence-electron chi connectivity index (χ0n) is 35.9. The summed E-state index contributed by atoms with van der Waals surface area (Å²) in [5.41, 5.74) is 13.7. The highest BCUT2D eigenvalue weighted by Crippen LogP contribution is 2.43. The first-order valence-corrected chi connectivity index (χ1v) is 21.0. The lowest BCUT2D eigenvalue weighted by atomic mass is 9.86. The number of benzene rings is 4. The van der Waals surface area contributed by atoms with Crippen LogP contribution in [0.1, 0.15) is 123 Å². The molecule has 318 valence electrons. The molecule has 0 bridgehead atoms. The van der Waals surface area contributed by atoms with Gasteiger partial charge in [-0.05, 0) is 119 Å². The van der Waals surface area contributed by atoms with Gasteiger partial charge < -0.3 is 14.6 Å². The van der Waals surface area contributed by atoms with E-state index in [2.05, 4.69) is 24.3 Å². The van der Waals surface area contributed by atoms with Gasteiger partial charge in [0.15, 0.2) is 6.29 Å². The standard InChI is InChI=1S/C26H26FNO3.C26H24FNO3/c2*1-15(2)24-21(14-29)23(17-11-12-22(27)20(13-17)26(30)31-3)19-10-6-8-16-7-4-5-9-18(16)25(19)28-24/h4-5,7,9,11-13,15,29H,6,8,10,14H2,1-3H3;4-5,7,9,11-15H,6,8,10H2,1-3H3. The normalized spacial score (nSPS) is 12.8. The minimum absolute atomic E-state index is 0.0141. The summed E-state index contributed by atoms with van der Waals surface area (Å²) in [7, 11) is 2.46. The molecule has 0 aliphatic heterocycles. The third-order valence-electron chi connectivity index (χ3n) is 11.8. The maximum atomic E-state index is 14.4. The van der Waals surface area contributed by atoms with Crippen LogP contribution < -0.4 is 0 Å². The van der Waals surface area contributed by atoms with Gasteiger partial charge in [0.05, 0.1) is 49.0 Å². The van der Waals surface area contributed by atoms with E-state index >= 15 is 0 Å². The van der Waals surface area contributed by atoms with Gasteiger partial charge in [-0.3, -0.25) is 14.8 Å². The lowest BCUT2D eigenvalue weighted by Gasteiger charge is -2.22. The fraction of sp³-hybridized carbons (Fsp3) is 0.288. The van der Waals surface area contributed by atoms with E-state index in [4.69, 9.17) is 19.4 Å². The van der Waals surface area contributed by atoms with Crippen LogP contribution in [0.2, 0.25) is 0 Å². The molecule has 2 aliphatic carbocycles. The molecule has 10 heteroatoms. The number of hydrogen-bond donors (Lipinski definition) is 1. The van der Waals surface area contributed by atoms with Crippen LogP contribution in [0.3, 0.4) is 0 Å². The van der Waals surface area contributed by atoms with Gasteiger partial charge in [-0.25, -0.2) is 18.4 Å². The summed E-state index contributed by atoms with van der Waals surface area (Å²) < 4.78 is 38.2. The third kappa shape index (κ3) is 8.31. The molecule has 4 aromatic carbocycles. The number of aliphatic hydroxyl groups excluding tert-OH is 1. The lowest BCUT2D eigenvalue weighted by Crippen LogP contribution is -2.10. The molecular formula is C52H50F2N2O6. The van der Waals surface area contributed by atoms with Crippen LogP contribution in [-0.4, -0.2) is 47.5 Å². The Labute approximate surface area is 361 Å². The Balaban J connectivity index is 0.000000186. The van der Waals surface area contributed by atoms with Gasteiger partial charge in [0.1, 0.15) is 11.6 Å². The Morgan fingerprint density at radius 3 is 1.56 bits per heavy atom. The van der Waals surface area contributed by atoms with Gasteiger partial charge in [-0.1, -0.05) is 88.4 Å². The quantitative estimate of drug-likeness (QED) is 0.119. The van der Waals surface area contributed by atoms with Crippen molar-refractivity contribution in [3.8, 4) is 44.8 Å². The summed E-state index contributed by atoms with van der Waals surface area (Å²) >= 11 is 0. The van der Waals surface area contributed by atoms with Crippen molar-refractivity contribution in [2.75, 3.05) is 14.2 Å². The van der Waals surface area contributed by atoms with Crippen molar-refractivity contribution < 1.29 is 37.7 Å². The topological polar surface area (TPSA) is 116 Å². The first-order valence-electron chi connectivity index (χ1n) is 21.0. The highest BCUT2D eigenvalue weighted by molar-refractivity contribution is 5.97. The Hall–Kier alpha value is -6.39. The van der Waals surface area contributed by atoms with E-state index in [1.807, 2.05) is 52.0 Å². The molecule has 2 aromatic heterocycles. The number of pyridine rings is 2. The maximum absolute atomic E-state index is 14.4. The Morgan fingerprint density at radius 2 is 1.11 bits per heavy atom. The summed E-state index contributed by atoms with van der Waals surface area (Å²) in [5.74, 6) is -2.66. The second kappa shape index (κ2) is 18.7.